The molecule has 1 unspecified atom stereocenters. The van der Waals surface area contributed by atoms with Crippen LogP contribution in [0.1, 0.15) is 11.7 Å². The molecule has 140 valence electrons. The Bertz CT molecular complexity index is 1230. The van der Waals surface area contributed by atoms with Crippen molar-refractivity contribution in [2.45, 2.75) is 6.10 Å². The van der Waals surface area contributed by atoms with Gasteiger partial charge in [-0.05, 0) is 35.9 Å². The molecule has 1 atom stereocenters. The lowest BCUT2D eigenvalue weighted by Gasteiger charge is -2.20. The quantitative estimate of drug-likeness (QED) is 0.394. The maximum Gasteiger partial charge on any atom is 0.344 e. The normalized spacial score (nSPS) is 12.0. The Kier molecular flexibility index (Phi) is 4.45. The molecule has 0 radical (unpaired) electrons. The van der Waals surface area contributed by atoms with Gasteiger partial charge in [-0.25, -0.2) is 4.79 Å². The third-order valence-corrected chi connectivity index (χ3v) is 4.46. The summed E-state index contributed by atoms with van der Waals surface area (Å²) in [7, 11) is 1.52. The highest BCUT2D eigenvalue weighted by Gasteiger charge is 2.16. The number of hydrogen-bond acceptors (Lipinski definition) is 6. The van der Waals surface area contributed by atoms with Gasteiger partial charge in [-0.3, -0.25) is 0 Å². The van der Waals surface area contributed by atoms with E-state index in [1.165, 1.54) is 13.2 Å². The monoisotopic (exact) mass is 375 g/mol. The molecule has 0 saturated heterocycles. The lowest BCUT2D eigenvalue weighted by molar-refractivity contribution is -0.314. The van der Waals surface area contributed by atoms with Gasteiger partial charge in [0.25, 0.3) is 0 Å². The minimum absolute atomic E-state index is 0.251. The van der Waals surface area contributed by atoms with Crippen LogP contribution in [0.15, 0.2) is 75.9 Å². The predicted molar refractivity (Wildman–Crippen MR) is 101 cm³/mol. The van der Waals surface area contributed by atoms with Crippen molar-refractivity contribution in [3.63, 3.8) is 0 Å². The smallest absolute Gasteiger partial charge is 0.344 e. The molecule has 28 heavy (non-hydrogen) atoms. The molecule has 3 aromatic carbocycles. The summed E-state index contributed by atoms with van der Waals surface area (Å²) in [5.41, 5.74) is 0.234. The number of ether oxygens (including phenoxy) is 2. The molecule has 0 N–H and O–H groups in total. The average molecular weight is 375 g/mol. The summed E-state index contributed by atoms with van der Waals surface area (Å²) < 4.78 is 16.2. The minimum atomic E-state index is -1.36. The van der Waals surface area contributed by atoms with Gasteiger partial charge in [-0.2, -0.15) is 0 Å². The van der Waals surface area contributed by atoms with Crippen LogP contribution < -0.4 is 20.2 Å². The molecule has 6 heteroatoms. The molecule has 1 heterocycles. The Morgan fingerprint density at radius 1 is 0.929 bits per heavy atom. The molecule has 1 aromatic heterocycles. The molecule has 0 aliphatic carbocycles. The summed E-state index contributed by atoms with van der Waals surface area (Å²) in [6, 6.07) is 18.5. The van der Waals surface area contributed by atoms with Gasteiger partial charge < -0.3 is 23.8 Å². The minimum Gasteiger partial charge on any atom is -0.546 e. The second-order valence-corrected chi connectivity index (χ2v) is 6.19. The molecule has 0 fully saturated rings. The standard InChI is InChI=1S/C22H16O6/c1-26-14-7-9-16-17-10-8-15(12-19(17)28-22(25)18(16)11-14)27-20(21(23)24)13-5-3-2-4-6-13/h2-12,20H,1H3,(H,23,24)/p-1. The van der Waals surface area contributed by atoms with Crippen molar-refractivity contribution in [1.82, 2.24) is 0 Å². The van der Waals surface area contributed by atoms with Crippen molar-refractivity contribution in [2.75, 3.05) is 7.11 Å². The molecule has 0 aliphatic heterocycles. The van der Waals surface area contributed by atoms with Gasteiger partial charge in [-0.15, -0.1) is 0 Å². The van der Waals surface area contributed by atoms with Crippen molar-refractivity contribution < 1.29 is 23.8 Å². The average Bonchev–Trinajstić information content (AvgIpc) is 2.72. The van der Waals surface area contributed by atoms with Crippen LogP contribution in [0.4, 0.5) is 0 Å². The van der Waals surface area contributed by atoms with Crippen LogP contribution >= 0.6 is 0 Å². The summed E-state index contributed by atoms with van der Waals surface area (Å²) in [6.07, 6.45) is -1.28. The van der Waals surface area contributed by atoms with Crippen molar-refractivity contribution >= 4 is 27.7 Å². The summed E-state index contributed by atoms with van der Waals surface area (Å²) in [5, 5.41) is 13.3. The number of rotatable bonds is 5. The molecule has 0 bridgehead atoms. The maximum absolute atomic E-state index is 12.4. The van der Waals surface area contributed by atoms with Gasteiger partial charge in [0.2, 0.25) is 0 Å². The zero-order chi connectivity index (χ0) is 19.7. The molecule has 4 rings (SSSR count). The van der Waals surface area contributed by atoms with Crippen LogP contribution in [-0.4, -0.2) is 13.1 Å². The Hall–Kier alpha value is -3.80. The van der Waals surface area contributed by atoms with Gasteiger partial charge in [0, 0.05) is 16.8 Å². The van der Waals surface area contributed by atoms with Gasteiger partial charge in [0.05, 0.1) is 18.5 Å². The molecular formula is C22H15O6-. The van der Waals surface area contributed by atoms with Gasteiger partial charge in [-0.1, -0.05) is 30.3 Å². The summed E-state index contributed by atoms with van der Waals surface area (Å²) in [5.74, 6) is -0.557. The highest BCUT2D eigenvalue weighted by Crippen LogP contribution is 2.30. The first-order valence-electron chi connectivity index (χ1n) is 8.54. The number of benzene rings is 3. The fraction of sp³-hybridized carbons (Fsp3) is 0.0909. The maximum atomic E-state index is 12.4. The number of carboxylic acids is 1. The first-order chi connectivity index (χ1) is 13.6. The van der Waals surface area contributed by atoms with Crippen LogP contribution in [0.2, 0.25) is 0 Å². The van der Waals surface area contributed by atoms with Gasteiger partial charge in [0.15, 0.2) is 6.10 Å². The van der Waals surface area contributed by atoms with Crippen LogP contribution in [0, 0.1) is 0 Å². The number of fused-ring (bicyclic) bond motifs is 3. The molecule has 6 nitrogen and oxygen atoms in total. The number of hydrogen-bond donors (Lipinski definition) is 0. The molecule has 0 aliphatic rings. The number of aliphatic carboxylic acids is 1. The van der Waals surface area contributed by atoms with Crippen molar-refractivity contribution in [1.29, 1.82) is 0 Å². The van der Waals surface area contributed by atoms with E-state index >= 15 is 0 Å². The second kappa shape index (κ2) is 7.08. The molecule has 4 aromatic rings. The van der Waals surface area contributed by atoms with E-state index in [1.54, 1.807) is 60.7 Å². The first kappa shape index (κ1) is 17.6. The lowest BCUT2D eigenvalue weighted by atomic mass is 10.1. The van der Waals surface area contributed by atoms with E-state index in [0.29, 0.717) is 33.1 Å². The van der Waals surface area contributed by atoms with Gasteiger partial charge in [0.1, 0.15) is 17.1 Å². The molecule has 0 saturated carbocycles. The Morgan fingerprint density at radius 2 is 1.64 bits per heavy atom. The Morgan fingerprint density at radius 3 is 2.36 bits per heavy atom. The van der Waals surface area contributed by atoms with Crippen LogP contribution in [-0.2, 0) is 4.79 Å². The fourth-order valence-corrected chi connectivity index (χ4v) is 3.11. The SMILES string of the molecule is COc1ccc2c(c1)c(=O)oc1cc(OC(C(=O)[O-])c3ccccc3)ccc12. The molecule has 0 spiro atoms. The summed E-state index contributed by atoms with van der Waals surface area (Å²) in [4.78, 5) is 23.9. The summed E-state index contributed by atoms with van der Waals surface area (Å²) in [6.45, 7) is 0. The molecule has 0 amide bonds. The highest BCUT2D eigenvalue weighted by molar-refractivity contribution is 6.04. The van der Waals surface area contributed by atoms with Crippen LogP contribution in [0.5, 0.6) is 11.5 Å². The third kappa shape index (κ3) is 3.16. The first-order valence-corrected chi connectivity index (χ1v) is 8.54. The van der Waals surface area contributed by atoms with Gasteiger partial charge >= 0.3 is 5.63 Å². The second-order valence-electron chi connectivity index (χ2n) is 6.19. The van der Waals surface area contributed by atoms with E-state index in [0.717, 1.165) is 0 Å². The largest absolute Gasteiger partial charge is 0.546 e. The van der Waals surface area contributed by atoms with Crippen molar-refractivity contribution in [3.05, 3.63) is 82.7 Å². The lowest BCUT2D eigenvalue weighted by Crippen LogP contribution is -2.33. The third-order valence-electron chi connectivity index (χ3n) is 4.46. The fourth-order valence-electron chi connectivity index (χ4n) is 3.11. The van der Waals surface area contributed by atoms with E-state index in [9.17, 15) is 14.7 Å². The Balaban J connectivity index is 1.78. The number of methoxy groups -OCH3 is 1. The zero-order valence-electron chi connectivity index (χ0n) is 14.9. The van der Waals surface area contributed by atoms with Crippen molar-refractivity contribution in [3.8, 4) is 11.5 Å². The number of carbonyl (C=O) groups is 1. The van der Waals surface area contributed by atoms with E-state index in [-0.39, 0.29) is 5.75 Å². The molecular weight excluding hydrogens is 360 g/mol. The van der Waals surface area contributed by atoms with Crippen LogP contribution in [0.25, 0.3) is 21.7 Å². The van der Waals surface area contributed by atoms with Crippen molar-refractivity contribution in [2.24, 2.45) is 0 Å². The highest BCUT2D eigenvalue weighted by atomic mass is 16.5. The zero-order valence-corrected chi connectivity index (χ0v) is 14.9. The van der Waals surface area contributed by atoms with Crippen LogP contribution in [0.3, 0.4) is 0 Å². The number of carbonyl (C=O) groups excluding carboxylic acids is 1. The van der Waals surface area contributed by atoms with E-state index in [1.807, 2.05) is 0 Å². The topological polar surface area (TPSA) is 88.8 Å². The van der Waals surface area contributed by atoms with E-state index in [2.05, 4.69) is 0 Å². The van der Waals surface area contributed by atoms with E-state index < -0.39 is 17.7 Å². The van der Waals surface area contributed by atoms with E-state index in [4.69, 9.17) is 13.9 Å². The predicted octanol–water partition coefficient (Wildman–Crippen LogP) is 2.82. The number of carboxylic acid groups (broad SMARTS) is 1. The summed E-state index contributed by atoms with van der Waals surface area (Å²) >= 11 is 0. The Labute approximate surface area is 159 Å².